The Balaban J connectivity index is 1.41. The number of amidine groups is 1. The Morgan fingerprint density at radius 3 is 2.16 bits per heavy atom. The van der Waals surface area contributed by atoms with Crippen molar-refractivity contribution in [3.8, 4) is 5.82 Å². The molecule has 0 fully saturated rings. The first-order valence-electron chi connectivity index (χ1n) is 14.9. The molecule has 44 heavy (non-hydrogen) atoms. The maximum Gasteiger partial charge on any atom is 0.137 e. The van der Waals surface area contributed by atoms with Crippen molar-refractivity contribution in [1.29, 1.82) is 0 Å². The molecule has 0 aliphatic carbocycles. The second-order valence-electron chi connectivity index (χ2n) is 11.2. The Hall–Kier alpha value is -5.94. The van der Waals surface area contributed by atoms with Gasteiger partial charge in [-0.3, -0.25) is 0 Å². The largest absolute Gasteiger partial charge is 0.357 e. The molecular weight excluding hydrogens is 538 g/mol. The summed E-state index contributed by atoms with van der Waals surface area (Å²) in [5.41, 5.74) is 6.74. The highest BCUT2D eigenvalue weighted by atomic mass is 15.1. The molecule has 0 radical (unpaired) electrons. The molecule has 1 unspecified atom stereocenters. The van der Waals surface area contributed by atoms with Gasteiger partial charge in [0.15, 0.2) is 0 Å². The van der Waals surface area contributed by atoms with Crippen molar-refractivity contribution < 1.29 is 0 Å². The monoisotopic (exact) mass is 565 g/mol. The molecule has 208 valence electrons. The first-order chi connectivity index (χ1) is 21.8. The van der Waals surface area contributed by atoms with Crippen LogP contribution in [0.1, 0.15) is 17.2 Å². The third kappa shape index (κ3) is 3.73. The number of benzene rings is 5. The van der Waals surface area contributed by atoms with Gasteiger partial charge in [-0.05, 0) is 46.7 Å². The zero-order valence-electron chi connectivity index (χ0n) is 23.8. The lowest BCUT2D eigenvalue weighted by atomic mass is 10.0. The van der Waals surface area contributed by atoms with Crippen LogP contribution in [-0.4, -0.2) is 20.0 Å². The molecule has 9 rings (SSSR count). The molecule has 0 bridgehead atoms. The molecule has 1 aliphatic heterocycles. The molecule has 5 aromatic carbocycles. The number of hydrogen-bond donors (Lipinski definition) is 1. The van der Waals surface area contributed by atoms with Gasteiger partial charge in [-0.1, -0.05) is 103 Å². The molecule has 5 nitrogen and oxygen atoms in total. The average molecular weight is 566 g/mol. The molecule has 1 atom stereocenters. The Morgan fingerprint density at radius 1 is 0.614 bits per heavy atom. The SMILES string of the molecule is C1=C(n2c3ccc4ccccc4c3c3c4c(ccc32)ccn4-c2ccccn2)C(c2ccccc2)NC(c2ccccc2)=N1. The third-order valence-corrected chi connectivity index (χ3v) is 8.71. The zero-order valence-corrected chi connectivity index (χ0v) is 23.8. The summed E-state index contributed by atoms with van der Waals surface area (Å²) in [5, 5.41) is 9.85. The van der Waals surface area contributed by atoms with Gasteiger partial charge in [0.05, 0.1) is 34.5 Å². The van der Waals surface area contributed by atoms with Gasteiger partial charge in [-0.25, -0.2) is 9.98 Å². The van der Waals surface area contributed by atoms with Gasteiger partial charge in [-0.2, -0.15) is 0 Å². The van der Waals surface area contributed by atoms with E-state index in [1.165, 1.54) is 32.5 Å². The van der Waals surface area contributed by atoms with Crippen LogP contribution in [0.4, 0.5) is 0 Å². The molecule has 0 amide bonds. The summed E-state index contributed by atoms with van der Waals surface area (Å²) in [4.78, 5) is 9.74. The molecule has 3 aromatic heterocycles. The minimum Gasteiger partial charge on any atom is -0.357 e. The number of aromatic nitrogens is 3. The zero-order chi connectivity index (χ0) is 29.0. The first-order valence-corrected chi connectivity index (χ1v) is 14.9. The van der Waals surface area contributed by atoms with E-state index in [0.29, 0.717) is 0 Å². The average Bonchev–Trinajstić information content (AvgIpc) is 3.69. The maximum absolute atomic E-state index is 5.01. The molecule has 0 saturated carbocycles. The molecule has 1 N–H and O–H groups in total. The van der Waals surface area contributed by atoms with Crippen LogP contribution in [0.5, 0.6) is 0 Å². The minimum atomic E-state index is -0.118. The van der Waals surface area contributed by atoms with Crippen molar-refractivity contribution in [2.75, 3.05) is 0 Å². The van der Waals surface area contributed by atoms with E-state index < -0.39 is 0 Å². The summed E-state index contributed by atoms with van der Waals surface area (Å²) in [7, 11) is 0. The van der Waals surface area contributed by atoms with Crippen molar-refractivity contribution in [3.05, 3.63) is 163 Å². The lowest BCUT2D eigenvalue weighted by Crippen LogP contribution is -2.33. The normalized spacial score (nSPS) is 15.0. The van der Waals surface area contributed by atoms with E-state index in [-0.39, 0.29) is 6.04 Å². The second-order valence-corrected chi connectivity index (χ2v) is 11.2. The quantitative estimate of drug-likeness (QED) is 0.232. The van der Waals surface area contributed by atoms with Crippen molar-refractivity contribution in [3.63, 3.8) is 0 Å². The predicted octanol–water partition coefficient (Wildman–Crippen LogP) is 8.88. The van der Waals surface area contributed by atoms with Crippen LogP contribution in [-0.2, 0) is 0 Å². The van der Waals surface area contributed by atoms with Crippen LogP contribution < -0.4 is 5.32 Å². The Morgan fingerprint density at radius 2 is 1.34 bits per heavy atom. The van der Waals surface area contributed by atoms with E-state index in [2.05, 4.69) is 136 Å². The van der Waals surface area contributed by atoms with Gasteiger partial charge >= 0.3 is 0 Å². The van der Waals surface area contributed by atoms with E-state index >= 15 is 0 Å². The highest BCUT2D eigenvalue weighted by molar-refractivity contribution is 6.28. The van der Waals surface area contributed by atoms with Crippen LogP contribution in [0.15, 0.2) is 157 Å². The van der Waals surface area contributed by atoms with Gasteiger partial charge in [-0.15, -0.1) is 0 Å². The van der Waals surface area contributed by atoms with Gasteiger partial charge in [0.2, 0.25) is 0 Å². The lowest BCUT2D eigenvalue weighted by molar-refractivity contribution is 0.762. The molecule has 0 saturated heterocycles. The molecule has 4 heterocycles. The molecule has 8 aromatic rings. The highest BCUT2D eigenvalue weighted by Crippen LogP contribution is 2.43. The van der Waals surface area contributed by atoms with Crippen LogP contribution in [0.25, 0.3) is 55.0 Å². The lowest BCUT2D eigenvalue weighted by Gasteiger charge is -2.28. The fourth-order valence-corrected chi connectivity index (χ4v) is 6.75. The van der Waals surface area contributed by atoms with Gasteiger partial charge in [0.25, 0.3) is 0 Å². The van der Waals surface area contributed by atoms with Gasteiger partial charge in [0.1, 0.15) is 11.7 Å². The minimum absolute atomic E-state index is 0.118. The number of pyridine rings is 1. The summed E-state index contributed by atoms with van der Waals surface area (Å²) < 4.78 is 4.62. The molecule has 0 spiro atoms. The molecule has 5 heteroatoms. The van der Waals surface area contributed by atoms with Crippen LogP contribution in [0, 0.1) is 0 Å². The summed E-state index contributed by atoms with van der Waals surface area (Å²) in [6.45, 7) is 0. The van der Waals surface area contributed by atoms with Gasteiger partial charge < -0.3 is 14.5 Å². The van der Waals surface area contributed by atoms with E-state index in [0.717, 1.165) is 39.5 Å². The number of nitrogens with one attached hydrogen (secondary N) is 1. The Labute approximate surface area is 254 Å². The first kappa shape index (κ1) is 24.6. The summed E-state index contributed by atoms with van der Waals surface area (Å²) in [6.07, 6.45) is 6.03. The van der Waals surface area contributed by atoms with E-state index in [9.17, 15) is 0 Å². The van der Waals surface area contributed by atoms with Crippen molar-refractivity contribution in [2.45, 2.75) is 6.04 Å². The standard InChI is InChI=1S/C39H27N5/c1-3-12-27(13-4-1)37-33(25-41-39(42-37)29-14-5-2-6-15-29)44-31-20-18-26-11-7-8-16-30(26)35(31)36-32(44)21-19-28-22-24-43(38(28)36)34-17-9-10-23-40-34/h1-25,37H,(H,41,42). The number of fused-ring (bicyclic) bond motifs is 7. The topological polar surface area (TPSA) is 47.1 Å². The number of rotatable bonds is 4. The van der Waals surface area contributed by atoms with Gasteiger partial charge in [0, 0.05) is 34.1 Å². The molecule has 1 aliphatic rings. The van der Waals surface area contributed by atoms with E-state index in [1.54, 1.807) is 0 Å². The fraction of sp³-hybridized carbons (Fsp3) is 0.0256. The predicted molar refractivity (Wildman–Crippen MR) is 181 cm³/mol. The molecular formula is C39H27N5. The van der Waals surface area contributed by atoms with Crippen molar-refractivity contribution >= 4 is 55.0 Å². The van der Waals surface area contributed by atoms with Crippen LogP contribution >= 0.6 is 0 Å². The second kappa shape index (κ2) is 9.82. The van der Waals surface area contributed by atoms with E-state index in [4.69, 9.17) is 9.98 Å². The fourth-order valence-electron chi connectivity index (χ4n) is 6.75. The smallest absolute Gasteiger partial charge is 0.137 e. The number of nitrogens with zero attached hydrogens (tertiary/aromatic N) is 4. The van der Waals surface area contributed by atoms with Crippen LogP contribution in [0.3, 0.4) is 0 Å². The van der Waals surface area contributed by atoms with E-state index in [1.807, 2.05) is 30.6 Å². The van der Waals surface area contributed by atoms with Crippen molar-refractivity contribution in [1.82, 2.24) is 19.4 Å². The number of aliphatic imine (C=N–C) groups is 1. The highest BCUT2D eigenvalue weighted by Gasteiger charge is 2.28. The van der Waals surface area contributed by atoms with Crippen LogP contribution in [0.2, 0.25) is 0 Å². The Kier molecular flexibility index (Phi) is 5.50. The number of hydrogen-bond acceptors (Lipinski definition) is 3. The summed E-state index contributed by atoms with van der Waals surface area (Å²) in [5.74, 6) is 1.76. The Bertz CT molecular complexity index is 2400. The van der Waals surface area contributed by atoms with Crippen molar-refractivity contribution in [2.24, 2.45) is 4.99 Å². The maximum atomic E-state index is 5.01. The third-order valence-electron chi connectivity index (χ3n) is 8.71. The summed E-state index contributed by atoms with van der Waals surface area (Å²) >= 11 is 0. The summed E-state index contributed by atoms with van der Waals surface area (Å²) in [6, 6.07) is 46.8.